The second-order valence-corrected chi connectivity index (χ2v) is 5.33. The summed E-state index contributed by atoms with van der Waals surface area (Å²) in [7, 11) is 0. The largest absolute Gasteiger partial charge is 0.376 e. The third kappa shape index (κ3) is 5.48. The first-order valence-corrected chi connectivity index (χ1v) is 6.84. The van der Waals surface area contributed by atoms with Crippen LogP contribution < -0.4 is 16.0 Å². The molecule has 110 valence electrons. The second kappa shape index (κ2) is 7.75. The fourth-order valence-corrected chi connectivity index (χ4v) is 1.66. The molecule has 0 radical (unpaired) electrons. The number of imide groups is 1. The summed E-state index contributed by atoms with van der Waals surface area (Å²) in [6.07, 6.45) is 0. The summed E-state index contributed by atoms with van der Waals surface area (Å²) >= 11 is 5.98. The first kappa shape index (κ1) is 16.3. The van der Waals surface area contributed by atoms with E-state index in [1.165, 1.54) is 0 Å². The topological polar surface area (TPSA) is 70.2 Å². The van der Waals surface area contributed by atoms with Crippen LogP contribution in [0.4, 0.5) is 10.5 Å². The van der Waals surface area contributed by atoms with Crippen LogP contribution in [0.2, 0.25) is 5.02 Å². The van der Waals surface area contributed by atoms with Crippen LogP contribution in [0, 0.1) is 12.8 Å². The molecule has 5 nitrogen and oxygen atoms in total. The van der Waals surface area contributed by atoms with Gasteiger partial charge in [0.1, 0.15) is 0 Å². The number of urea groups is 1. The van der Waals surface area contributed by atoms with Crippen molar-refractivity contribution in [2.24, 2.45) is 5.92 Å². The first-order chi connectivity index (χ1) is 9.40. The van der Waals surface area contributed by atoms with E-state index in [0.717, 1.165) is 11.3 Å². The fraction of sp³-hybridized carbons (Fsp3) is 0.429. The smallest absolute Gasteiger partial charge is 0.321 e. The van der Waals surface area contributed by atoms with Gasteiger partial charge in [-0.15, -0.1) is 0 Å². The zero-order valence-corrected chi connectivity index (χ0v) is 12.7. The maximum Gasteiger partial charge on any atom is 0.321 e. The minimum atomic E-state index is -0.478. The predicted molar refractivity (Wildman–Crippen MR) is 81.1 cm³/mol. The number of halogens is 1. The third-order valence-electron chi connectivity index (χ3n) is 2.63. The Balaban J connectivity index is 2.40. The summed E-state index contributed by atoms with van der Waals surface area (Å²) in [6.45, 7) is 6.35. The third-order valence-corrected chi connectivity index (χ3v) is 3.04. The van der Waals surface area contributed by atoms with Crippen molar-refractivity contribution in [1.82, 2.24) is 10.6 Å². The van der Waals surface area contributed by atoms with Crippen molar-refractivity contribution >= 4 is 29.2 Å². The quantitative estimate of drug-likeness (QED) is 0.782. The number of carbonyl (C=O) groups excluding carboxylic acids is 2. The Hall–Kier alpha value is -1.75. The molecular formula is C14H20ClN3O2. The molecule has 6 heteroatoms. The Morgan fingerprint density at radius 1 is 1.30 bits per heavy atom. The molecule has 1 rings (SSSR count). The van der Waals surface area contributed by atoms with Gasteiger partial charge in [0.05, 0.1) is 6.54 Å². The summed E-state index contributed by atoms with van der Waals surface area (Å²) in [5.41, 5.74) is 1.64. The van der Waals surface area contributed by atoms with Gasteiger partial charge in [0, 0.05) is 17.3 Å². The maximum absolute atomic E-state index is 11.6. The second-order valence-electron chi connectivity index (χ2n) is 4.92. The molecule has 0 unspecified atom stereocenters. The molecule has 3 amide bonds. The Kier molecular flexibility index (Phi) is 6.31. The lowest BCUT2D eigenvalue weighted by Crippen LogP contribution is -2.43. The summed E-state index contributed by atoms with van der Waals surface area (Å²) in [5, 5.41) is 8.44. The van der Waals surface area contributed by atoms with E-state index >= 15 is 0 Å². The average Bonchev–Trinajstić information content (AvgIpc) is 2.38. The minimum Gasteiger partial charge on any atom is -0.376 e. The monoisotopic (exact) mass is 297 g/mol. The molecule has 0 aliphatic heterocycles. The molecule has 0 saturated carbocycles. The molecule has 1 aromatic carbocycles. The normalized spacial score (nSPS) is 10.2. The number of hydrogen-bond donors (Lipinski definition) is 3. The highest BCUT2D eigenvalue weighted by molar-refractivity contribution is 6.31. The van der Waals surface area contributed by atoms with Crippen molar-refractivity contribution in [2.75, 3.05) is 18.4 Å². The van der Waals surface area contributed by atoms with E-state index in [-0.39, 0.29) is 6.54 Å². The van der Waals surface area contributed by atoms with Crippen molar-refractivity contribution in [3.05, 3.63) is 28.8 Å². The molecular weight excluding hydrogens is 278 g/mol. The van der Waals surface area contributed by atoms with Crippen molar-refractivity contribution in [1.29, 1.82) is 0 Å². The zero-order valence-electron chi connectivity index (χ0n) is 11.9. The molecule has 0 bridgehead atoms. The van der Waals surface area contributed by atoms with Crippen LogP contribution in [0.1, 0.15) is 19.4 Å². The SMILES string of the molecule is Cc1c(Cl)cccc1NCC(=O)NC(=O)NCC(C)C. The lowest BCUT2D eigenvalue weighted by Gasteiger charge is -2.11. The van der Waals surface area contributed by atoms with Crippen LogP contribution in [-0.4, -0.2) is 25.0 Å². The zero-order chi connectivity index (χ0) is 15.1. The Labute approximate surface area is 124 Å². The Morgan fingerprint density at radius 3 is 2.65 bits per heavy atom. The number of anilines is 1. The van der Waals surface area contributed by atoms with Gasteiger partial charge in [-0.3, -0.25) is 10.1 Å². The Morgan fingerprint density at radius 2 is 2.00 bits per heavy atom. The van der Waals surface area contributed by atoms with Crippen LogP contribution in [0.3, 0.4) is 0 Å². The predicted octanol–water partition coefficient (Wildman–Crippen LogP) is 2.54. The van der Waals surface area contributed by atoms with E-state index in [9.17, 15) is 9.59 Å². The summed E-state index contributed by atoms with van der Waals surface area (Å²) in [6, 6.07) is 4.92. The van der Waals surface area contributed by atoms with Gasteiger partial charge in [-0.25, -0.2) is 4.79 Å². The van der Waals surface area contributed by atoms with E-state index in [4.69, 9.17) is 11.6 Å². The number of carbonyl (C=O) groups is 2. The molecule has 0 fully saturated rings. The van der Waals surface area contributed by atoms with Crippen molar-refractivity contribution in [2.45, 2.75) is 20.8 Å². The molecule has 0 aromatic heterocycles. The molecule has 1 aromatic rings. The highest BCUT2D eigenvalue weighted by atomic mass is 35.5. The van der Waals surface area contributed by atoms with Crippen LogP contribution >= 0.6 is 11.6 Å². The van der Waals surface area contributed by atoms with E-state index in [0.29, 0.717) is 17.5 Å². The lowest BCUT2D eigenvalue weighted by atomic mass is 10.2. The molecule has 0 saturated heterocycles. The molecule has 0 aliphatic rings. The highest BCUT2D eigenvalue weighted by Crippen LogP contribution is 2.22. The van der Waals surface area contributed by atoms with E-state index in [2.05, 4.69) is 16.0 Å². The highest BCUT2D eigenvalue weighted by Gasteiger charge is 2.08. The van der Waals surface area contributed by atoms with Gasteiger partial charge in [0.15, 0.2) is 0 Å². The fourth-order valence-electron chi connectivity index (χ4n) is 1.49. The van der Waals surface area contributed by atoms with Gasteiger partial charge in [-0.2, -0.15) is 0 Å². The van der Waals surface area contributed by atoms with Gasteiger partial charge in [-0.1, -0.05) is 31.5 Å². The first-order valence-electron chi connectivity index (χ1n) is 6.46. The molecule has 3 N–H and O–H groups in total. The van der Waals surface area contributed by atoms with Crippen LogP contribution in [-0.2, 0) is 4.79 Å². The van der Waals surface area contributed by atoms with Gasteiger partial charge in [0.25, 0.3) is 0 Å². The van der Waals surface area contributed by atoms with Gasteiger partial charge < -0.3 is 10.6 Å². The minimum absolute atomic E-state index is 0.0102. The molecule has 20 heavy (non-hydrogen) atoms. The molecule has 0 aliphatic carbocycles. The van der Waals surface area contributed by atoms with Crippen LogP contribution in [0.5, 0.6) is 0 Å². The molecule has 0 spiro atoms. The molecule has 0 heterocycles. The van der Waals surface area contributed by atoms with E-state index < -0.39 is 11.9 Å². The lowest BCUT2D eigenvalue weighted by molar-refractivity contribution is -0.118. The Bertz CT molecular complexity index is 489. The number of hydrogen-bond acceptors (Lipinski definition) is 3. The standard InChI is InChI=1S/C14H20ClN3O2/c1-9(2)7-17-14(20)18-13(19)8-16-12-6-4-5-11(15)10(12)3/h4-6,9,16H,7-8H2,1-3H3,(H2,17,18,19,20). The average molecular weight is 298 g/mol. The van der Waals surface area contributed by atoms with Crippen LogP contribution in [0.25, 0.3) is 0 Å². The van der Waals surface area contributed by atoms with E-state index in [1.807, 2.05) is 26.8 Å². The summed E-state index contributed by atoms with van der Waals surface area (Å²) < 4.78 is 0. The van der Waals surface area contributed by atoms with Crippen molar-refractivity contribution in [3.63, 3.8) is 0 Å². The number of benzene rings is 1. The van der Waals surface area contributed by atoms with Gasteiger partial charge in [-0.05, 0) is 30.5 Å². The number of nitrogens with one attached hydrogen (secondary N) is 3. The number of rotatable bonds is 5. The summed E-state index contributed by atoms with van der Waals surface area (Å²) in [4.78, 5) is 23.0. The van der Waals surface area contributed by atoms with Gasteiger partial charge >= 0.3 is 6.03 Å². The maximum atomic E-state index is 11.6. The van der Waals surface area contributed by atoms with E-state index in [1.54, 1.807) is 12.1 Å². The van der Waals surface area contributed by atoms with Gasteiger partial charge in [0.2, 0.25) is 5.91 Å². The number of amides is 3. The summed E-state index contributed by atoms with van der Waals surface area (Å²) in [5.74, 6) is -0.0614. The van der Waals surface area contributed by atoms with Crippen LogP contribution in [0.15, 0.2) is 18.2 Å². The van der Waals surface area contributed by atoms with Crippen molar-refractivity contribution < 1.29 is 9.59 Å². The van der Waals surface area contributed by atoms with Crippen molar-refractivity contribution in [3.8, 4) is 0 Å². The molecule has 0 atom stereocenters.